The molecular weight excluding hydrogens is 334 g/mol. The molecule has 0 aliphatic carbocycles. The lowest BCUT2D eigenvalue weighted by atomic mass is 10.1. The summed E-state index contributed by atoms with van der Waals surface area (Å²) in [5.41, 5.74) is 1.38. The molecule has 0 atom stereocenters. The Labute approximate surface area is 151 Å². The molecule has 1 saturated heterocycles. The van der Waals surface area contributed by atoms with Gasteiger partial charge in [-0.15, -0.1) is 0 Å². The van der Waals surface area contributed by atoms with Gasteiger partial charge in [-0.05, 0) is 25.1 Å². The molecule has 2 amide bonds. The summed E-state index contributed by atoms with van der Waals surface area (Å²) in [6, 6.07) is 13.5. The van der Waals surface area contributed by atoms with E-state index in [4.69, 9.17) is 0 Å². The van der Waals surface area contributed by atoms with Gasteiger partial charge >= 0.3 is 0 Å². The van der Waals surface area contributed by atoms with Gasteiger partial charge in [-0.1, -0.05) is 24.3 Å². The summed E-state index contributed by atoms with van der Waals surface area (Å²) in [7, 11) is 0. The zero-order valence-corrected chi connectivity index (χ0v) is 14.4. The fraction of sp³-hybridized carbons (Fsp3) is 0.263. The maximum absolute atomic E-state index is 12.6. The summed E-state index contributed by atoms with van der Waals surface area (Å²) in [6.07, 6.45) is 0. The molecule has 1 aliphatic rings. The van der Waals surface area contributed by atoms with Crippen LogP contribution in [-0.4, -0.2) is 52.7 Å². The van der Waals surface area contributed by atoms with Gasteiger partial charge in [0.1, 0.15) is 0 Å². The molecule has 0 unspecified atom stereocenters. The Morgan fingerprint density at radius 3 is 1.96 bits per heavy atom. The van der Waals surface area contributed by atoms with E-state index in [-0.39, 0.29) is 17.5 Å². The second-order valence-electron chi connectivity index (χ2n) is 6.21. The Morgan fingerprint density at radius 1 is 0.885 bits per heavy atom. The Morgan fingerprint density at radius 2 is 1.42 bits per heavy atom. The molecule has 2 aromatic carbocycles. The number of carbonyl (C=O) groups is 2. The standard InChI is InChI=1S/C19H19N3O4/c1-14-7-8-16(13-17(14)22(25)26)19(24)21-11-9-20(10-12-21)18(23)15-5-3-2-4-6-15/h2-8,13H,9-12H2,1H3. The quantitative estimate of drug-likeness (QED) is 0.627. The lowest BCUT2D eigenvalue weighted by molar-refractivity contribution is -0.385. The van der Waals surface area contributed by atoms with Crippen molar-refractivity contribution in [3.05, 3.63) is 75.3 Å². The molecule has 1 heterocycles. The molecule has 26 heavy (non-hydrogen) atoms. The maximum Gasteiger partial charge on any atom is 0.273 e. The van der Waals surface area contributed by atoms with Crippen molar-refractivity contribution in [3.8, 4) is 0 Å². The van der Waals surface area contributed by atoms with Gasteiger partial charge < -0.3 is 9.80 Å². The zero-order valence-electron chi connectivity index (χ0n) is 14.4. The van der Waals surface area contributed by atoms with Gasteiger partial charge in [-0.2, -0.15) is 0 Å². The molecule has 3 rings (SSSR count). The van der Waals surface area contributed by atoms with Gasteiger partial charge in [-0.3, -0.25) is 19.7 Å². The van der Waals surface area contributed by atoms with Crippen molar-refractivity contribution in [3.63, 3.8) is 0 Å². The van der Waals surface area contributed by atoms with E-state index in [1.165, 1.54) is 6.07 Å². The SMILES string of the molecule is Cc1ccc(C(=O)N2CCN(C(=O)c3ccccc3)CC2)cc1[N+](=O)[O-]. The van der Waals surface area contributed by atoms with Gasteiger partial charge in [0.05, 0.1) is 4.92 Å². The number of carbonyl (C=O) groups excluding carboxylic acids is 2. The smallest absolute Gasteiger partial charge is 0.273 e. The number of nitro groups is 1. The molecule has 1 fully saturated rings. The van der Waals surface area contributed by atoms with Crippen LogP contribution in [0, 0.1) is 17.0 Å². The number of rotatable bonds is 3. The number of benzene rings is 2. The van der Waals surface area contributed by atoms with E-state index >= 15 is 0 Å². The molecule has 0 saturated carbocycles. The first kappa shape index (κ1) is 17.6. The maximum atomic E-state index is 12.6. The highest BCUT2D eigenvalue weighted by atomic mass is 16.6. The van der Waals surface area contributed by atoms with Crippen LogP contribution in [0.25, 0.3) is 0 Å². The van der Waals surface area contributed by atoms with Crippen molar-refractivity contribution < 1.29 is 14.5 Å². The van der Waals surface area contributed by atoms with Crippen LogP contribution < -0.4 is 0 Å². The molecule has 0 radical (unpaired) electrons. The predicted octanol–water partition coefficient (Wildman–Crippen LogP) is 2.50. The van der Waals surface area contributed by atoms with Crippen LogP contribution in [0.15, 0.2) is 48.5 Å². The van der Waals surface area contributed by atoms with E-state index in [0.29, 0.717) is 42.9 Å². The summed E-state index contributed by atoms with van der Waals surface area (Å²) >= 11 is 0. The summed E-state index contributed by atoms with van der Waals surface area (Å²) in [6.45, 7) is 3.32. The third-order valence-corrected chi connectivity index (χ3v) is 4.53. The van der Waals surface area contributed by atoms with Crippen LogP contribution in [0.5, 0.6) is 0 Å². The Kier molecular flexibility index (Phi) is 4.97. The van der Waals surface area contributed by atoms with Crippen LogP contribution in [0.1, 0.15) is 26.3 Å². The highest BCUT2D eigenvalue weighted by molar-refractivity contribution is 5.96. The molecule has 0 N–H and O–H groups in total. The second-order valence-corrected chi connectivity index (χ2v) is 6.21. The molecule has 7 heteroatoms. The average molecular weight is 353 g/mol. The van der Waals surface area contributed by atoms with Crippen LogP contribution in [-0.2, 0) is 0 Å². The van der Waals surface area contributed by atoms with Crippen molar-refractivity contribution in [2.24, 2.45) is 0 Å². The molecule has 0 aromatic heterocycles. The zero-order chi connectivity index (χ0) is 18.7. The van der Waals surface area contributed by atoms with E-state index in [9.17, 15) is 19.7 Å². The lowest BCUT2D eigenvalue weighted by Gasteiger charge is -2.34. The van der Waals surface area contributed by atoms with E-state index in [1.807, 2.05) is 18.2 Å². The molecule has 1 aliphatic heterocycles. The first-order chi connectivity index (χ1) is 12.5. The van der Waals surface area contributed by atoms with Crippen molar-refractivity contribution in [2.45, 2.75) is 6.92 Å². The van der Waals surface area contributed by atoms with Gasteiger partial charge in [0, 0.05) is 48.9 Å². The van der Waals surface area contributed by atoms with Crippen molar-refractivity contribution in [1.29, 1.82) is 0 Å². The van der Waals surface area contributed by atoms with E-state index in [2.05, 4.69) is 0 Å². The summed E-state index contributed by atoms with van der Waals surface area (Å²) in [5, 5.41) is 11.1. The Balaban J connectivity index is 1.66. The first-order valence-corrected chi connectivity index (χ1v) is 8.36. The minimum Gasteiger partial charge on any atom is -0.335 e. The number of nitro benzene ring substituents is 1. The molecular formula is C19H19N3O4. The van der Waals surface area contributed by atoms with E-state index < -0.39 is 4.92 Å². The Bertz CT molecular complexity index is 843. The van der Waals surface area contributed by atoms with Crippen LogP contribution in [0.4, 0.5) is 5.69 Å². The van der Waals surface area contributed by atoms with Gasteiger partial charge in [-0.25, -0.2) is 0 Å². The average Bonchev–Trinajstić information content (AvgIpc) is 2.68. The van der Waals surface area contributed by atoms with E-state index in [1.54, 1.807) is 41.0 Å². The highest BCUT2D eigenvalue weighted by Gasteiger charge is 2.26. The summed E-state index contributed by atoms with van der Waals surface area (Å²) in [5.74, 6) is -0.302. The van der Waals surface area contributed by atoms with Gasteiger partial charge in [0.15, 0.2) is 0 Å². The minimum atomic E-state index is -0.484. The monoisotopic (exact) mass is 353 g/mol. The predicted molar refractivity (Wildman–Crippen MR) is 96.1 cm³/mol. The lowest BCUT2D eigenvalue weighted by Crippen LogP contribution is -2.50. The fourth-order valence-corrected chi connectivity index (χ4v) is 3.00. The van der Waals surface area contributed by atoms with Crippen LogP contribution in [0.2, 0.25) is 0 Å². The van der Waals surface area contributed by atoms with E-state index in [0.717, 1.165) is 0 Å². The van der Waals surface area contributed by atoms with Gasteiger partial charge in [0.2, 0.25) is 0 Å². The normalized spacial score (nSPS) is 14.2. The topological polar surface area (TPSA) is 83.8 Å². The number of hydrogen-bond donors (Lipinski definition) is 0. The number of aryl methyl sites for hydroxylation is 1. The highest BCUT2D eigenvalue weighted by Crippen LogP contribution is 2.21. The molecule has 0 bridgehead atoms. The number of hydrogen-bond acceptors (Lipinski definition) is 4. The Hall–Kier alpha value is -3.22. The molecule has 134 valence electrons. The first-order valence-electron chi connectivity index (χ1n) is 8.36. The molecule has 7 nitrogen and oxygen atoms in total. The molecule has 2 aromatic rings. The second kappa shape index (κ2) is 7.35. The van der Waals surface area contributed by atoms with Crippen LogP contribution >= 0.6 is 0 Å². The third kappa shape index (κ3) is 3.56. The van der Waals surface area contributed by atoms with Crippen molar-refractivity contribution in [2.75, 3.05) is 26.2 Å². The summed E-state index contributed by atoms with van der Waals surface area (Å²) < 4.78 is 0. The van der Waals surface area contributed by atoms with Crippen molar-refractivity contribution in [1.82, 2.24) is 9.80 Å². The number of amides is 2. The largest absolute Gasteiger partial charge is 0.335 e. The van der Waals surface area contributed by atoms with Gasteiger partial charge in [0.25, 0.3) is 17.5 Å². The number of nitrogens with zero attached hydrogens (tertiary/aromatic N) is 3. The van der Waals surface area contributed by atoms with Crippen LogP contribution in [0.3, 0.4) is 0 Å². The minimum absolute atomic E-state index is 0.0522. The van der Waals surface area contributed by atoms with Crippen molar-refractivity contribution >= 4 is 17.5 Å². The third-order valence-electron chi connectivity index (χ3n) is 4.53. The number of piperazine rings is 1. The molecule has 0 spiro atoms. The summed E-state index contributed by atoms with van der Waals surface area (Å²) in [4.78, 5) is 39.0. The fourth-order valence-electron chi connectivity index (χ4n) is 3.00.